The summed E-state index contributed by atoms with van der Waals surface area (Å²) in [6.07, 6.45) is 9.71. The van der Waals surface area contributed by atoms with Crippen molar-refractivity contribution in [3.63, 3.8) is 0 Å². The average molecular weight is 252 g/mol. The number of carbonyl (C=O) groups is 1. The smallest absolute Gasteiger partial charge is 0.330 e. The van der Waals surface area contributed by atoms with Crippen molar-refractivity contribution in [3.05, 3.63) is 36.5 Å². The highest BCUT2D eigenvalue weighted by atomic mass is 16.5. The van der Waals surface area contributed by atoms with Crippen LogP contribution in [-0.4, -0.2) is 34.5 Å². The molecule has 4 nitrogen and oxygen atoms in total. The molecule has 1 rings (SSSR count). The molecule has 0 saturated carbocycles. The Morgan fingerprint density at radius 2 is 1.89 bits per heavy atom. The molecule has 0 saturated heterocycles. The molecular formula is C14H20O4. The lowest BCUT2D eigenvalue weighted by Gasteiger charge is -2.13. The molecule has 0 aromatic rings. The summed E-state index contributed by atoms with van der Waals surface area (Å²) < 4.78 is 5.12. The molecule has 2 N–H and O–H groups in total. The number of rotatable bonds is 0. The van der Waals surface area contributed by atoms with Crippen LogP contribution in [0.2, 0.25) is 0 Å². The predicted octanol–water partition coefficient (Wildman–Crippen LogP) is 1.49. The molecule has 0 bridgehead atoms. The van der Waals surface area contributed by atoms with Crippen molar-refractivity contribution >= 4 is 5.97 Å². The summed E-state index contributed by atoms with van der Waals surface area (Å²) >= 11 is 0. The monoisotopic (exact) mass is 252 g/mol. The fraction of sp³-hybridized carbons (Fsp3) is 0.500. The van der Waals surface area contributed by atoms with Gasteiger partial charge in [0.15, 0.2) is 0 Å². The molecular weight excluding hydrogens is 232 g/mol. The second-order valence-corrected chi connectivity index (χ2v) is 4.37. The van der Waals surface area contributed by atoms with Gasteiger partial charge in [0.25, 0.3) is 0 Å². The van der Waals surface area contributed by atoms with Crippen molar-refractivity contribution in [2.24, 2.45) is 0 Å². The molecule has 0 unspecified atom stereocenters. The van der Waals surface area contributed by atoms with Gasteiger partial charge in [0.2, 0.25) is 0 Å². The van der Waals surface area contributed by atoms with E-state index in [1.807, 2.05) is 6.92 Å². The number of aliphatic hydroxyl groups is 2. The molecule has 1 aliphatic heterocycles. The first-order chi connectivity index (χ1) is 8.58. The zero-order chi connectivity index (χ0) is 13.4. The first-order valence-corrected chi connectivity index (χ1v) is 6.18. The van der Waals surface area contributed by atoms with Crippen molar-refractivity contribution in [2.45, 2.75) is 44.5 Å². The number of hydrogen-bond acceptors (Lipinski definition) is 4. The number of ether oxygens (including phenoxy) is 1. The highest BCUT2D eigenvalue weighted by Gasteiger charge is 2.08. The molecule has 3 atom stereocenters. The fourth-order valence-electron chi connectivity index (χ4n) is 1.62. The van der Waals surface area contributed by atoms with Crippen LogP contribution < -0.4 is 0 Å². The third-order valence-corrected chi connectivity index (χ3v) is 2.61. The van der Waals surface area contributed by atoms with Crippen molar-refractivity contribution in [2.75, 3.05) is 0 Å². The number of aliphatic hydroxyl groups excluding tert-OH is 2. The molecule has 18 heavy (non-hydrogen) atoms. The Labute approximate surface area is 107 Å². The number of carbonyl (C=O) groups excluding carboxylic acids is 1. The van der Waals surface area contributed by atoms with E-state index < -0.39 is 18.2 Å². The van der Waals surface area contributed by atoms with Gasteiger partial charge in [-0.25, -0.2) is 4.79 Å². The zero-order valence-corrected chi connectivity index (χ0v) is 10.5. The summed E-state index contributed by atoms with van der Waals surface area (Å²) in [5.41, 5.74) is 0. The lowest BCUT2D eigenvalue weighted by Crippen LogP contribution is -2.14. The van der Waals surface area contributed by atoms with E-state index in [2.05, 4.69) is 0 Å². The number of cyclic esters (lactones) is 1. The lowest BCUT2D eigenvalue weighted by atomic mass is 10.1. The largest absolute Gasteiger partial charge is 0.460 e. The van der Waals surface area contributed by atoms with Gasteiger partial charge < -0.3 is 14.9 Å². The van der Waals surface area contributed by atoms with E-state index in [1.54, 1.807) is 18.2 Å². The Hall–Kier alpha value is -1.39. The van der Waals surface area contributed by atoms with Gasteiger partial charge in [0, 0.05) is 6.08 Å². The van der Waals surface area contributed by atoms with Crippen LogP contribution >= 0.6 is 0 Å². The van der Waals surface area contributed by atoms with E-state index in [9.17, 15) is 15.0 Å². The second kappa shape index (κ2) is 7.84. The van der Waals surface area contributed by atoms with E-state index in [-0.39, 0.29) is 6.10 Å². The number of esters is 1. The molecule has 0 aromatic heterocycles. The van der Waals surface area contributed by atoms with Gasteiger partial charge in [0.05, 0.1) is 18.3 Å². The van der Waals surface area contributed by atoms with E-state index in [4.69, 9.17) is 4.74 Å². The van der Waals surface area contributed by atoms with Gasteiger partial charge in [-0.1, -0.05) is 24.3 Å². The van der Waals surface area contributed by atoms with E-state index >= 15 is 0 Å². The third-order valence-electron chi connectivity index (χ3n) is 2.61. The van der Waals surface area contributed by atoms with Gasteiger partial charge >= 0.3 is 5.97 Å². The predicted molar refractivity (Wildman–Crippen MR) is 68.8 cm³/mol. The van der Waals surface area contributed by atoms with Crippen LogP contribution in [0.3, 0.4) is 0 Å². The van der Waals surface area contributed by atoms with Crippen molar-refractivity contribution in [3.8, 4) is 0 Å². The van der Waals surface area contributed by atoms with E-state index in [0.29, 0.717) is 12.8 Å². The first kappa shape index (κ1) is 14.7. The highest BCUT2D eigenvalue weighted by Crippen LogP contribution is 2.09. The van der Waals surface area contributed by atoms with Crippen LogP contribution in [0.15, 0.2) is 36.5 Å². The highest BCUT2D eigenvalue weighted by molar-refractivity contribution is 5.82. The van der Waals surface area contributed by atoms with Crippen LogP contribution in [0, 0.1) is 0 Å². The van der Waals surface area contributed by atoms with Crippen LogP contribution in [0.5, 0.6) is 0 Å². The third kappa shape index (κ3) is 6.37. The summed E-state index contributed by atoms with van der Waals surface area (Å²) in [5.74, 6) is -0.455. The first-order valence-electron chi connectivity index (χ1n) is 6.18. The Kier molecular flexibility index (Phi) is 6.39. The fourth-order valence-corrected chi connectivity index (χ4v) is 1.62. The van der Waals surface area contributed by atoms with Gasteiger partial charge in [-0.3, -0.25) is 0 Å². The van der Waals surface area contributed by atoms with Gasteiger partial charge in [-0.15, -0.1) is 0 Å². The molecule has 0 amide bonds. The molecule has 0 radical (unpaired) electrons. The Bertz CT molecular complexity index is 344. The second-order valence-electron chi connectivity index (χ2n) is 4.37. The normalized spacial score (nSPS) is 36.2. The summed E-state index contributed by atoms with van der Waals surface area (Å²) in [6.45, 7) is 1.82. The van der Waals surface area contributed by atoms with E-state index in [1.165, 1.54) is 18.2 Å². The standard InChI is InChI=1S/C14H20O4/c1-11-5-4-8-12(15)6-2-3-7-13(16)9-10-14(17)18-11/h2-3,6-7,9-13,15-16H,4-5,8H2,1H3/b6-2-,7-3-,10-9-/t11-,12-,13-/m0/s1. The summed E-state index contributed by atoms with van der Waals surface area (Å²) in [7, 11) is 0. The zero-order valence-electron chi connectivity index (χ0n) is 10.5. The molecule has 100 valence electrons. The molecule has 0 aromatic carbocycles. The van der Waals surface area contributed by atoms with Gasteiger partial charge in [0.1, 0.15) is 0 Å². The lowest BCUT2D eigenvalue weighted by molar-refractivity contribution is -0.142. The van der Waals surface area contributed by atoms with Crippen LogP contribution in [0.25, 0.3) is 0 Å². The maximum atomic E-state index is 11.4. The molecule has 1 aliphatic rings. The molecule has 0 spiro atoms. The minimum absolute atomic E-state index is 0.186. The SMILES string of the molecule is C[C@H]1CCC[C@@H](O)/C=C\C=C/[C@H](O)/C=C\C(=O)O1. The minimum atomic E-state index is -0.836. The summed E-state index contributed by atoms with van der Waals surface area (Å²) in [4.78, 5) is 11.4. The van der Waals surface area contributed by atoms with E-state index in [0.717, 1.165) is 6.42 Å². The number of allylic oxidation sites excluding steroid dienone is 2. The van der Waals surface area contributed by atoms with Crippen LogP contribution in [0.4, 0.5) is 0 Å². The minimum Gasteiger partial charge on any atom is -0.460 e. The van der Waals surface area contributed by atoms with Gasteiger partial charge in [-0.05, 0) is 32.3 Å². The summed E-state index contributed by atoms with van der Waals surface area (Å²) in [5, 5.41) is 19.1. The topological polar surface area (TPSA) is 66.8 Å². The average Bonchev–Trinajstić information content (AvgIpc) is 2.31. The Balaban J connectivity index is 2.68. The maximum absolute atomic E-state index is 11.4. The molecule has 4 heteroatoms. The van der Waals surface area contributed by atoms with Crippen molar-refractivity contribution in [1.29, 1.82) is 0 Å². The van der Waals surface area contributed by atoms with Gasteiger partial charge in [-0.2, -0.15) is 0 Å². The van der Waals surface area contributed by atoms with Crippen molar-refractivity contribution < 1.29 is 19.7 Å². The van der Waals surface area contributed by atoms with Crippen LogP contribution in [-0.2, 0) is 9.53 Å². The maximum Gasteiger partial charge on any atom is 0.330 e. The van der Waals surface area contributed by atoms with Crippen LogP contribution in [0.1, 0.15) is 26.2 Å². The quantitative estimate of drug-likeness (QED) is 0.641. The number of hydrogen-bond donors (Lipinski definition) is 2. The van der Waals surface area contributed by atoms with Crippen molar-refractivity contribution in [1.82, 2.24) is 0 Å². The Morgan fingerprint density at radius 3 is 2.67 bits per heavy atom. The Morgan fingerprint density at radius 1 is 1.17 bits per heavy atom. The molecule has 1 heterocycles. The molecule has 0 fully saturated rings. The molecule has 0 aliphatic carbocycles. The summed E-state index contributed by atoms with van der Waals surface area (Å²) in [6, 6.07) is 0.